The van der Waals surface area contributed by atoms with Gasteiger partial charge in [-0.2, -0.15) is 5.10 Å². The molecule has 0 saturated heterocycles. The first-order chi connectivity index (χ1) is 9.22. The highest BCUT2D eigenvalue weighted by molar-refractivity contribution is 5.95. The van der Waals surface area contributed by atoms with E-state index in [-0.39, 0.29) is 11.9 Å². The number of carbonyl (C=O) groups excluding carboxylic acids is 1. The summed E-state index contributed by atoms with van der Waals surface area (Å²) in [6.45, 7) is 0.737. The van der Waals surface area contributed by atoms with Crippen molar-refractivity contribution in [3.05, 3.63) is 47.8 Å². The lowest BCUT2D eigenvalue weighted by Gasteiger charge is -2.25. The number of hydrogen-bond acceptors (Lipinski definition) is 3. The molecule has 1 unspecified atom stereocenters. The summed E-state index contributed by atoms with van der Waals surface area (Å²) in [5.74, 6) is -0.0116. The molecule has 1 aliphatic heterocycles. The molecule has 2 aromatic rings. The summed E-state index contributed by atoms with van der Waals surface area (Å²) in [4.78, 5) is 12.2. The summed E-state index contributed by atoms with van der Waals surface area (Å²) in [6, 6.07) is 8.03. The Hall–Kier alpha value is -2.14. The standard InChI is InChI=1S/C14H16N4O/c1-18-9-12(8-16-18)17-14(19)13-6-10-4-2-3-5-11(10)7-15-13/h2-5,8-9,13,15H,6-7H2,1H3,(H,17,19). The van der Waals surface area contributed by atoms with E-state index < -0.39 is 0 Å². The molecule has 3 rings (SSSR count). The maximum atomic E-state index is 12.2. The molecule has 1 amide bonds. The molecule has 19 heavy (non-hydrogen) atoms. The first kappa shape index (κ1) is 11.9. The lowest BCUT2D eigenvalue weighted by Crippen LogP contribution is -2.44. The van der Waals surface area contributed by atoms with Crippen LogP contribution < -0.4 is 10.6 Å². The highest BCUT2D eigenvalue weighted by atomic mass is 16.2. The Morgan fingerprint density at radius 2 is 2.21 bits per heavy atom. The monoisotopic (exact) mass is 256 g/mol. The minimum Gasteiger partial charge on any atom is -0.322 e. The van der Waals surface area contributed by atoms with Crippen LogP contribution in [0.15, 0.2) is 36.7 Å². The number of fused-ring (bicyclic) bond motifs is 1. The predicted octanol–water partition coefficient (Wildman–Crippen LogP) is 1.07. The minimum atomic E-state index is -0.185. The van der Waals surface area contributed by atoms with E-state index in [0.717, 1.165) is 18.7 Å². The molecule has 1 aromatic carbocycles. The number of anilines is 1. The van der Waals surface area contributed by atoms with Crippen LogP contribution in [0, 0.1) is 0 Å². The largest absolute Gasteiger partial charge is 0.322 e. The highest BCUT2D eigenvalue weighted by Crippen LogP contribution is 2.17. The number of carbonyl (C=O) groups is 1. The van der Waals surface area contributed by atoms with Gasteiger partial charge in [0.2, 0.25) is 5.91 Å². The molecule has 0 aliphatic carbocycles. The van der Waals surface area contributed by atoms with Gasteiger partial charge in [0, 0.05) is 19.8 Å². The smallest absolute Gasteiger partial charge is 0.241 e. The molecule has 98 valence electrons. The molecule has 0 spiro atoms. The molecule has 0 radical (unpaired) electrons. The number of hydrogen-bond donors (Lipinski definition) is 2. The van der Waals surface area contributed by atoms with E-state index in [1.165, 1.54) is 11.1 Å². The van der Waals surface area contributed by atoms with Crippen molar-refractivity contribution >= 4 is 11.6 Å². The Labute approximate surface area is 111 Å². The second-order valence-electron chi connectivity index (χ2n) is 4.80. The number of nitrogens with one attached hydrogen (secondary N) is 2. The van der Waals surface area contributed by atoms with Crippen LogP contribution in [0.3, 0.4) is 0 Å². The van der Waals surface area contributed by atoms with E-state index in [4.69, 9.17) is 0 Å². The van der Waals surface area contributed by atoms with Crippen LogP contribution in [-0.4, -0.2) is 21.7 Å². The summed E-state index contributed by atoms with van der Waals surface area (Å²) < 4.78 is 1.67. The molecule has 0 bridgehead atoms. The zero-order valence-electron chi connectivity index (χ0n) is 10.8. The molecule has 1 atom stereocenters. The maximum absolute atomic E-state index is 12.2. The fourth-order valence-corrected chi connectivity index (χ4v) is 2.35. The molecule has 5 heteroatoms. The third kappa shape index (κ3) is 2.51. The fraction of sp³-hybridized carbons (Fsp3) is 0.286. The number of aromatic nitrogens is 2. The molecule has 1 aliphatic rings. The molecule has 2 N–H and O–H groups in total. The number of rotatable bonds is 2. The molecule has 2 heterocycles. The van der Waals surface area contributed by atoms with Crippen molar-refractivity contribution in [2.75, 3.05) is 5.32 Å². The van der Waals surface area contributed by atoms with Crippen LogP contribution in [0.2, 0.25) is 0 Å². The van der Waals surface area contributed by atoms with Crippen LogP contribution in [0.25, 0.3) is 0 Å². The lowest BCUT2D eigenvalue weighted by molar-refractivity contribution is -0.118. The predicted molar refractivity (Wildman–Crippen MR) is 72.6 cm³/mol. The second-order valence-corrected chi connectivity index (χ2v) is 4.80. The van der Waals surface area contributed by atoms with E-state index in [1.54, 1.807) is 17.1 Å². The zero-order valence-corrected chi connectivity index (χ0v) is 10.8. The van der Waals surface area contributed by atoms with Crippen molar-refractivity contribution in [2.24, 2.45) is 7.05 Å². The lowest BCUT2D eigenvalue weighted by atomic mass is 9.95. The average Bonchev–Trinajstić information content (AvgIpc) is 2.83. The summed E-state index contributed by atoms with van der Waals surface area (Å²) >= 11 is 0. The van der Waals surface area contributed by atoms with Gasteiger partial charge in [0.1, 0.15) is 0 Å². The fourth-order valence-electron chi connectivity index (χ4n) is 2.35. The van der Waals surface area contributed by atoms with Gasteiger partial charge in [-0.3, -0.25) is 9.48 Å². The van der Waals surface area contributed by atoms with Gasteiger partial charge in [-0.05, 0) is 17.5 Å². The third-order valence-corrected chi connectivity index (χ3v) is 3.37. The van der Waals surface area contributed by atoms with Gasteiger partial charge in [0.15, 0.2) is 0 Å². The van der Waals surface area contributed by atoms with Crippen molar-refractivity contribution in [3.63, 3.8) is 0 Å². The number of aryl methyl sites for hydroxylation is 1. The SMILES string of the molecule is Cn1cc(NC(=O)C2Cc3ccccc3CN2)cn1. The Balaban J connectivity index is 1.69. The zero-order chi connectivity index (χ0) is 13.2. The first-order valence-corrected chi connectivity index (χ1v) is 6.32. The molecular formula is C14H16N4O. The van der Waals surface area contributed by atoms with E-state index in [1.807, 2.05) is 19.2 Å². The van der Waals surface area contributed by atoms with Crippen molar-refractivity contribution in [1.29, 1.82) is 0 Å². The van der Waals surface area contributed by atoms with Crippen LogP contribution >= 0.6 is 0 Å². The van der Waals surface area contributed by atoms with Gasteiger partial charge >= 0.3 is 0 Å². The highest BCUT2D eigenvalue weighted by Gasteiger charge is 2.23. The Kier molecular flexibility index (Phi) is 3.05. The maximum Gasteiger partial charge on any atom is 0.241 e. The van der Waals surface area contributed by atoms with Gasteiger partial charge < -0.3 is 10.6 Å². The summed E-state index contributed by atoms with van der Waals surface area (Å²) in [5.41, 5.74) is 3.24. The quantitative estimate of drug-likeness (QED) is 0.845. The summed E-state index contributed by atoms with van der Waals surface area (Å²) in [7, 11) is 1.82. The third-order valence-electron chi connectivity index (χ3n) is 3.37. The molecular weight excluding hydrogens is 240 g/mol. The first-order valence-electron chi connectivity index (χ1n) is 6.32. The Morgan fingerprint density at radius 1 is 1.42 bits per heavy atom. The van der Waals surface area contributed by atoms with Crippen LogP contribution in [0.1, 0.15) is 11.1 Å². The average molecular weight is 256 g/mol. The van der Waals surface area contributed by atoms with E-state index >= 15 is 0 Å². The molecule has 0 saturated carbocycles. The summed E-state index contributed by atoms with van der Waals surface area (Å²) in [5, 5.41) is 10.2. The van der Waals surface area contributed by atoms with Gasteiger partial charge in [0.05, 0.1) is 17.9 Å². The Bertz CT molecular complexity index is 605. The van der Waals surface area contributed by atoms with Crippen molar-refractivity contribution in [3.8, 4) is 0 Å². The normalized spacial score (nSPS) is 17.8. The molecule has 5 nitrogen and oxygen atoms in total. The number of nitrogens with zero attached hydrogens (tertiary/aromatic N) is 2. The van der Waals surface area contributed by atoms with E-state index in [0.29, 0.717) is 0 Å². The molecule has 0 fully saturated rings. The summed E-state index contributed by atoms with van der Waals surface area (Å²) in [6.07, 6.45) is 4.16. The van der Waals surface area contributed by atoms with E-state index in [2.05, 4.69) is 27.9 Å². The molecule has 1 aromatic heterocycles. The van der Waals surface area contributed by atoms with Crippen molar-refractivity contribution < 1.29 is 4.79 Å². The van der Waals surface area contributed by atoms with Crippen LogP contribution in [-0.2, 0) is 24.8 Å². The van der Waals surface area contributed by atoms with E-state index in [9.17, 15) is 4.79 Å². The topological polar surface area (TPSA) is 59.0 Å². The van der Waals surface area contributed by atoms with Crippen LogP contribution in [0.5, 0.6) is 0 Å². The minimum absolute atomic E-state index is 0.0116. The van der Waals surface area contributed by atoms with Crippen molar-refractivity contribution in [1.82, 2.24) is 15.1 Å². The second kappa shape index (κ2) is 4.85. The Morgan fingerprint density at radius 3 is 2.95 bits per heavy atom. The van der Waals surface area contributed by atoms with Gasteiger partial charge in [0.25, 0.3) is 0 Å². The van der Waals surface area contributed by atoms with Crippen molar-refractivity contribution in [2.45, 2.75) is 19.0 Å². The number of benzene rings is 1. The number of amides is 1. The van der Waals surface area contributed by atoms with Gasteiger partial charge in [-0.1, -0.05) is 24.3 Å². The van der Waals surface area contributed by atoms with Gasteiger partial charge in [-0.25, -0.2) is 0 Å². The van der Waals surface area contributed by atoms with Gasteiger partial charge in [-0.15, -0.1) is 0 Å². The van der Waals surface area contributed by atoms with Crippen LogP contribution in [0.4, 0.5) is 5.69 Å².